The van der Waals surface area contributed by atoms with E-state index in [0.717, 1.165) is 11.5 Å². The Hall–Kier alpha value is -1.09. The second-order valence-corrected chi connectivity index (χ2v) is 6.52. The molecule has 3 atom stereocenters. The summed E-state index contributed by atoms with van der Waals surface area (Å²) in [7, 11) is 0. The summed E-state index contributed by atoms with van der Waals surface area (Å²) in [6.45, 7) is 0.0684. The molecule has 1 aliphatic heterocycles. The number of rotatable bonds is 7. The molecular formula is C15H19Cl2N2O5. The maximum absolute atomic E-state index is 12.1. The summed E-state index contributed by atoms with van der Waals surface area (Å²) in [5, 5.41) is 34.9. The number of hydroxylamine groups is 1. The predicted octanol–water partition coefficient (Wildman–Crippen LogP) is 1.29. The summed E-state index contributed by atoms with van der Waals surface area (Å²) in [4.78, 5) is 10.2. The Labute approximate surface area is 149 Å². The number of hydrogen-bond donors (Lipinski definition) is 3. The zero-order valence-corrected chi connectivity index (χ0v) is 14.3. The van der Waals surface area contributed by atoms with E-state index >= 15 is 0 Å². The van der Waals surface area contributed by atoms with Crippen molar-refractivity contribution in [1.82, 2.24) is 5.32 Å². The second kappa shape index (κ2) is 8.84. The third-order valence-electron chi connectivity index (χ3n) is 3.76. The molecule has 0 aromatic heterocycles. The molecule has 24 heavy (non-hydrogen) atoms. The van der Waals surface area contributed by atoms with Crippen molar-refractivity contribution in [3.05, 3.63) is 29.8 Å². The van der Waals surface area contributed by atoms with Crippen molar-refractivity contribution in [3.63, 3.8) is 0 Å². The van der Waals surface area contributed by atoms with Crippen LogP contribution in [0, 0.1) is 0 Å². The fourth-order valence-corrected chi connectivity index (χ4v) is 2.56. The molecule has 9 heteroatoms. The highest BCUT2D eigenvalue weighted by molar-refractivity contribution is 6.53. The van der Waals surface area contributed by atoms with E-state index in [1.54, 1.807) is 24.3 Å². The molecule has 133 valence electrons. The molecule has 0 spiro atoms. The smallest absolute Gasteiger partial charge is 0.253 e. The predicted molar refractivity (Wildman–Crippen MR) is 88.1 cm³/mol. The lowest BCUT2D eigenvalue weighted by Gasteiger charge is -2.24. The van der Waals surface area contributed by atoms with Gasteiger partial charge in [0.15, 0.2) is 11.1 Å². The second-order valence-electron chi connectivity index (χ2n) is 5.43. The van der Waals surface area contributed by atoms with Crippen LogP contribution in [0.25, 0.3) is 0 Å². The number of aliphatic hydroxyl groups is 2. The number of amides is 1. The van der Waals surface area contributed by atoms with Crippen molar-refractivity contribution >= 4 is 34.8 Å². The largest absolute Gasteiger partial charge is 0.394 e. The van der Waals surface area contributed by atoms with Crippen LogP contribution in [0.1, 0.15) is 24.5 Å². The third kappa shape index (κ3) is 4.72. The van der Waals surface area contributed by atoms with Crippen LogP contribution in [0.5, 0.6) is 0 Å². The van der Waals surface area contributed by atoms with Crippen molar-refractivity contribution in [2.45, 2.75) is 36.1 Å². The van der Waals surface area contributed by atoms with Crippen LogP contribution in [0.15, 0.2) is 24.3 Å². The highest BCUT2D eigenvalue weighted by atomic mass is 35.5. The van der Waals surface area contributed by atoms with Gasteiger partial charge in [-0.05, 0) is 30.5 Å². The number of hydrogen-bond acceptors (Lipinski definition) is 5. The average molecular weight is 378 g/mol. The van der Waals surface area contributed by atoms with Gasteiger partial charge in [-0.15, -0.1) is 0 Å². The van der Waals surface area contributed by atoms with E-state index < -0.39 is 35.7 Å². The number of alkyl halides is 2. The molecule has 1 heterocycles. The fraction of sp³-hybridized carbons (Fsp3) is 0.533. The van der Waals surface area contributed by atoms with Gasteiger partial charge < -0.3 is 20.3 Å². The molecular weight excluding hydrogens is 359 g/mol. The van der Waals surface area contributed by atoms with Gasteiger partial charge in [-0.2, -0.15) is 5.06 Å². The number of halogens is 2. The first kappa shape index (κ1) is 19.2. The normalized spacial score (nSPS) is 20.0. The summed E-state index contributed by atoms with van der Waals surface area (Å²) >= 11 is 10.9. The minimum Gasteiger partial charge on any atom is -0.394 e. The van der Waals surface area contributed by atoms with Gasteiger partial charge in [-0.25, -0.2) is 0 Å². The van der Waals surface area contributed by atoms with Crippen LogP contribution >= 0.6 is 23.2 Å². The number of benzene rings is 1. The number of nitrogens with one attached hydrogen (secondary N) is 1. The summed E-state index contributed by atoms with van der Waals surface area (Å²) < 4.78 is 5.33. The topological polar surface area (TPSA) is 102 Å². The van der Waals surface area contributed by atoms with Gasteiger partial charge >= 0.3 is 0 Å². The van der Waals surface area contributed by atoms with Crippen LogP contribution in [0.2, 0.25) is 0 Å². The Morgan fingerprint density at radius 3 is 2.54 bits per heavy atom. The highest BCUT2D eigenvalue weighted by Crippen LogP contribution is 2.25. The van der Waals surface area contributed by atoms with Gasteiger partial charge in [0.05, 0.1) is 18.3 Å². The first-order chi connectivity index (χ1) is 11.4. The van der Waals surface area contributed by atoms with E-state index in [2.05, 4.69) is 5.32 Å². The van der Waals surface area contributed by atoms with E-state index in [1.807, 2.05) is 0 Å². The van der Waals surface area contributed by atoms with Crippen molar-refractivity contribution in [2.75, 3.05) is 18.3 Å². The van der Waals surface area contributed by atoms with Crippen molar-refractivity contribution in [3.8, 4) is 0 Å². The van der Waals surface area contributed by atoms with E-state index in [1.165, 1.54) is 0 Å². The fourth-order valence-electron chi connectivity index (χ4n) is 2.43. The SMILES string of the molecule is [O]N(c1ccc([C@H](O)[C@H](CO)NC(=O)C(Cl)Cl)cc1)C1CCCO1. The number of anilines is 1. The molecule has 1 amide bonds. The molecule has 1 aromatic rings. The van der Waals surface area contributed by atoms with Crippen molar-refractivity contribution in [1.29, 1.82) is 0 Å². The first-order valence-corrected chi connectivity index (χ1v) is 8.36. The van der Waals surface area contributed by atoms with Gasteiger partial charge in [0.2, 0.25) is 0 Å². The van der Waals surface area contributed by atoms with Crippen molar-refractivity contribution in [2.24, 2.45) is 0 Å². The molecule has 1 aliphatic rings. The molecule has 1 unspecified atom stereocenters. The van der Waals surface area contributed by atoms with Gasteiger partial charge in [0.1, 0.15) is 6.10 Å². The van der Waals surface area contributed by atoms with E-state index in [4.69, 9.17) is 27.9 Å². The number of ether oxygens (including phenoxy) is 1. The Morgan fingerprint density at radius 1 is 1.38 bits per heavy atom. The summed E-state index contributed by atoms with van der Waals surface area (Å²) in [5.74, 6) is -0.711. The van der Waals surface area contributed by atoms with Crippen molar-refractivity contribution < 1.29 is 25.0 Å². The number of aliphatic hydroxyl groups excluding tert-OH is 2. The molecule has 0 aliphatic carbocycles. The molecule has 2 rings (SSSR count). The van der Waals surface area contributed by atoms with Crippen LogP contribution < -0.4 is 10.4 Å². The maximum atomic E-state index is 12.1. The Balaban J connectivity index is 2.03. The Bertz CT molecular complexity index is 537. The molecule has 0 bridgehead atoms. The van der Waals surface area contributed by atoms with Crippen LogP contribution in [-0.4, -0.2) is 46.4 Å². The average Bonchev–Trinajstić information content (AvgIpc) is 3.12. The maximum Gasteiger partial charge on any atom is 0.253 e. The lowest BCUT2D eigenvalue weighted by Crippen LogP contribution is -2.44. The zero-order chi connectivity index (χ0) is 17.7. The van der Waals surface area contributed by atoms with Gasteiger partial charge in [-0.3, -0.25) is 4.79 Å². The Kier molecular flexibility index (Phi) is 7.09. The van der Waals surface area contributed by atoms with Gasteiger partial charge in [-0.1, -0.05) is 40.5 Å². The molecule has 1 radical (unpaired) electrons. The lowest BCUT2D eigenvalue weighted by molar-refractivity contribution is -0.121. The van der Waals surface area contributed by atoms with Crippen LogP contribution in [0.3, 0.4) is 0 Å². The van der Waals surface area contributed by atoms with E-state index in [0.29, 0.717) is 24.3 Å². The third-order valence-corrected chi connectivity index (χ3v) is 4.16. The molecule has 3 N–H and O–H groups in total. The molecule has 1 saturated heterocycles. The summed E-state index contributed by atoms with van der Waals surface area (Å²) in [5.41, 5.74) is 0.837. The van der Waals surface area contributed by atoms with Crippen LogP contribution in [0.4, 0.5) is 5.69 Å². The number of nitrogens with zero attached hydrogens (tertiary/aromatic N) is 1. The van der Waals surface area contributed by atoms with Crippen LogP contribution in [-0.2, 0) is 14.7 Å². The molecule has 7 nitrogen and oxygen atoms in total. The summed E-state index contributed by atoms with van der Waals surface area (Å²) in [6.07, 6.45) is -0.150. The van der Waals surface area contributed by atoms with Gasteiger partial charge in [0.25, 0.3) is 5.91 Å². The monoisotopic (exact) mass is 377 g/mol. The van der Waals surface area contributed by atoms with Gasteiger partial charge in [0, 0.05) is 6.61 Å². The summed E-state index contributed by atoms with van der Waals surface area (Å²) in [6, 6.07) is 5.23. The molecule has 1 fully saturated rings. The minimum absolute atomic E-state index is 0.406. The minimum atomic E-state index is -1.30. The highest BCUT2D eigenvalue weighted by Gasteiger charge is 2.26. The number of carbonyl (C=O) groups is 1. The quantitative estimate of drug-likeness (QED) is 0.490. The standard InChI is InChI=1S/C15H19Cl2N2O5/c16-14(17)15(22)18-11(8-20)13(21)9-3-5-10(6-4-9)19(23)12-2-1-7-24-12/h3-6,11-14,20-21H,1-2,7-8H2,(H,18,22)/t11-,12?,13-/m0/s1. The van der Waals surface area contributed by atoms with E-state index in [-0.39, 0.29) is 0 Å². The molecule has 0 saturated carbocycles. The molecule has 1 aromatic carbocycles. The number of carbonyl (C=O) groups excluding carboxylic acids is 1. The zero-order valence-electron chi connectivity index (χ0n) is 12.8. The van der Waals surface area contributed by atoms with E-state index in [9.17, 15) is 20.2 Å². The Morgan fingerprint density at radius 2 is 2.04 bits per heavy atom. The first-order valence-electron chi connectivity index (χ1n) is 7.49. The lowest BCUT2D eigenvalue weighted by atomic mass is 10.0.